The molecule has 2 aromatic carbocycles. The third-order valence-corrected chi connectivity index (χ3v) is 8.86. The summed E-state index contributed by atoms with van der Waals surface area (Å²) in [4.78, 5) is 38.9. The molecule has 13 nitrogen and oxygen atoms in total. The molecule has 4 aromatic rings. The summed E-state index contributed by atoms with van der Waals surface area (Å²) in [5.41, 5.74) is 3.35. The number of carbonyl (C=O) groups excluding carboxylic acids is 2. The molecule has 2 unspecified atom stereocenters. The van der Waals surface area contributed by atoms with Crippen molar-refractivity contribution in [3.05, 3.63) is 60.3 Å². The van der Waals surface area contributed by atoms with Crippen LogP contribution in [0, 0.1) is 0 Å². The van der Waals surface area contributed by atoms with Gasteiger partial charge in [0.05, 0.1) is 43.5 Å². The minimum atomic E-state index is -0.410. The van der Waals surface area contributed by atoms with E-state index in [4.69, 9.17) is 24.5 Å². The van der Waals surface area contributed by atoms with Crippen LogP contribution in [0.25, 0.3) is 22.4 Å². The molecule has 2 aromatic heterocycles. The van der Waals surface area contributed by atoms with Crippen molar-refractivity contribution in [3.8, 4) is 11.4 Å². The number of aromatic nitrogens is 4. The number of fused-ring (bicyclic) bond motifs is 3. The summed E-state index contributed by atoms with van der Waals surface area (Å²) in [6, 6.07) is 14.2. The van der Waals surface area contributed by atoms with Crippen LogP contribution in [0.4, 0.5) is 26.8 Å². The number of para-hydroxylation sites is 1. The van der Waals surface area contributed by atoms with Crippen LogP contribution in [0.3, 0.4) is 0 Å². The SMILES string of the molecule is COC(=O)N1CCC(n2ncc3c(N4CC5CCC(C4)O5)nc(-c4ccc(NC(=O)Nc5ccccc5CO)cc4)nc32)CC1. The smallest absolute Gasteiger partial charge is 0.409 e. The highest BCUT2D eigenvalue weighted by Gasteiger charge is 2.36. The number of hydrogen-bond acceptors (Lipinski definition) is 9. The Morgan fingerprint density at radius 3 is 2.42 bits per heavy atom. The van der Waals surface area contributed by atoms with Gasteiger partial charge < -0.3 is 35.0 Å². The summed E-state index contributed by atoms with van der Waals surface area (Å²) in [5, 5.41) is 20.9. The van der Waals surface area contributed by atoms with Gasteiger partial charge in [0, 0.05) is 48.7 Å². The van der Waals surface area contributed by atoms with Gasteiger partial charge in [0.2, 0.25) is 0 Å². The number of aliphatic hydroxyl groups is 1. The maximum atomic E-state index is 12.7. The number of anilines is 3. The zero-order valence-corrected chi connectivity index (χ0v) is 25.1. The molecule has 2 atom stereocenters. The van der Waals surface area contributed by atoms with Gasteiger partial charge in [0.15, 0.2) is 11.5 Å². The van der Waals surface area contributed by atoms with Gasteiger partial charge >= 0.3 is 12.1 Å². The Kier molecular flexibility index (Phi) is 7.94. The van der Waals surface area contributed by atoms with E-state index in [2.05, 4.69) is 15.5 Å². The number of amides is 3. The maximum Gasteiger partial charge on any atom is 0.409 e. The molecule has 3 aliphatic rings. The Morgan fingerprint density at radius 1 is 0.978 bits per heavy atom. The van der Waals surface area contributed by atoms with Crippen LogP contribution < -0.4 is 15.5 Å². The summed E-state index contributed by atoms with van der Waals surface area (Å²) in [5.74, 6) is 1.41. The molecule has 2 bridgehead atoms. The normalized spacial score (nSPS) is 20.0. The molecule has 0 spiro atoms. The molecule has 0 saturated carbocycles. The molecule has 13 heteroatoms. The Bertz CT molecular complexity index is 1690. The number of carbonyl (C=O) groups is 2. The van der Waals surface area contributed by atoms with Crippen LogP contribution in [0.5, 0.6) is 0 Å². The lowest BCUT2D eigenvalue weighted by molar-refractivity contribution is 0.0303. The van der Waals surface area contributed by atoms with Gasteiger partial charge in [-0.25, -0.2) is 24.2 Å². The number of urea groups is 1. The summed E-state index contributed by atoms with van der Waals surface area (Å²) in [6.45, 7) is 2.53. The van der Waals surface area contributed by atoms with Crippen LogP contribution in [0.1, 0.15) is 37.3 Å². The molecule has 0 radical (unpaired) electrons. The van der Waals surface area contributed by atoms with Crippen molar-refractivity contribution in [2.75, 3.05) is 48.8 Å². The molecule has 0 aliphatic carbocycles. The quantitative estimate of drug-likeness (QED) is 0.288. The number of piperidine rings is 1. The fraction of sp³-hybridized carbons (Fsp3) is 0.406. The molecule has 5 heterocycles. The lowest BCUT2D eigenvalue weighted by atomic mass is 10.1. The summed E-state index contributed by atoms with van der Waals surface area (Å²) in [6.07, 6.45) is 5.52. The van der Waals surface area contributed by atoms with E-state index in [0.29, 0.717) is 35.9 Å². The first kappa shape index (κ1) is 29.0. The highest BCUT2D eigenvalue weighted by atomic mass is 16.5. The Balaban J connectivity index is 1.16. The minimum Gasteiger partial charge on any atom is -0.453 e. The highest BCUT2D eigenvalue weighted by molar-refractivity contribution is 6.00. The second-order valence-corrected chi connectivity index (χ2v) is 11.7. The zero-order valence-electron chi connectivity index (χ0n) is 25.1. The number of ether oxygens (including phenoxy) is 2. The van der Waals surface area contributed by atoms with E-state index in [1.165, 1.54) is 7.11 Å². The van der Waals surface area contributed by atoms with Crippen molar-refractivity contribution in [1.29, 1.82) is 0 Å². The number of hydrogen-bond donors (Lipinski definition) is 3. The van der Waals surface area contributed by atoms with Gasteiger partial charge in [-0.2, -0.15) is 5.10 Å². The molecule has 3 fully saturated rings. The summed E-state index contributed by atoms with van der Waals surface area (Å²) < 4.78 is 13.0. The summed E-state index contributed by atoms with van der Waals surface area (Å²) in [7, 11) is 1.41. The molecule has 7 rings (SSSR count). The molecule has 3 N–H and O–H groups in total. The van der Waals surface area contributed by atoms with Gasteiger partial charge in [-0.3, -0.25) is 0 Å². The number of rotatable bonds is 6. The van der Waals surface area contributed by atoms with E-state index in [0.717, 1.165) is 61.2 Å². The first-order valence-electron chi connectivity index (χ1n) is 15.3. The van der Waals surface area contributed by atoms with E-state index < -0.39 is 6.03 Å². The molecular weight excluding hydrogens is 576 g/mol. The molecule has 3 aliphatic heterocycles. The number of methoxy groups -OCH3 is 1. The Labute approximate surface area is 260 Å². The average molecular weight is 613 g/mol. The lowest BCUT2D eigenvalue weighted by Crippen LogP contribution is -2.43. The van der Waals surface area contributed by atoms with Gasteiger partial charge in [0.25, 0.3) is 0 Å². The number of aliphatic hydroxyl groups excluding tert-OH is 1. The first-order valence-corrected chi connectivity index (χ1v) is 15.3. The zero-order chi connectivity index (χ0) is 30.9. The van der Waals surface area contributed by atoms with Crippen molar-refractivity contribution in [2.24, 2.45) is 0 Å². The third kappa shape index (κ3) is 5.88. The second kappa shape index (κ2) is 12.3. The van der Waals surface area contributed by atoms with Crippen LogP contribution in [-0.2, 0) is 16.1 Å². The van der Waals surface area contributed by atoms with Crippen molar-refractivity contribution in [2.45, 2.75) is 50.5 Å². The van der Waals surface area contributed by atoms with E-state index >= 15 is 0 Å². The number of nitrogens with one attached hydrogen (secondary N) is 2. The minimum absolute atomic E-state index is 0.0842. The van der Waals surface area contributed by atoms with Crippen molar-refractivity contribution < 1.29 is 24.2 Å². The van der Waals surface area contributed by atoms with Gasteiger partial charge in [-0.1, -0.05) is 18.2 Å². The van der Waals surface area contributed by atoms with Crippen molar-refractivity contribution in [3.63, 3.8) is 0 Å². The molecule has 234 valence electrons. The third-order valence-electron chi connectivity index (χ3n) is 8.86. The predicted molar refractivity (Wildman–Crippen MR) is 168 cm³/mol. The van der Waals surface area contributed by atoms with E-state index in [1.54, 1.807) is 23.1 Å². The van der Waals surface area contributed by atoms with E-state index in [9.17, 15) is 14.7 Å². The molecular formula is C32H36N8O5. The van der Waals surface area contributed by atoms with Crippen LogP contribution in [0.2, 0.25) is 0 Å². The topological polar surface area (TPSA) is 147 Å². The monoisotopic (exact) mass is 612 g/mol. The Hall–Kier alpha value is -4.75. The molecule has 3 saturated heterocycles. The molecule has 45 heavy (non-hydrogen) atoms. The van der Waals surface area contributed by atoms with E-state index in [-0.39, 0.29) is 30.9 Å². The average Bonchev–Trinajstić information content (AvgIpc) is 3.66. The fourth-order valence-corrected chi connectivity index (χ4v) is 6.53. The van der Waals surface area contributed by atoms with Gasteiger partial charge in [0.1, 0.15) is 5.82 Å². The highest BCUT2D eigenvalue weighted by Crippen LogP contribution is 2.35. The predicted octanol–water partition coefficient (Wildman–Crippen LogP) is 4.40. The number of morpholine rings is 1. The molecule has 3 amide bonds. The van der Waals surface area contributed by atoms with Crippen LogP contribution in [0.15, 0.2) is 54.7 Å². The van der Waals surface area contributed by atoms with E-state index in [1.807, 2.05) is 41.2 Å². The standard InChI is InChI=1S/C32H36N8O5/c1-44-32(43)38-14-12-23(13-15-38)40-30-26(16-33-40)29(39-17-24-10-11-25(18-39)45-24)36-28(37-30)20-6-8-22(9-7-20)34-31(42)35-27-5-3-2-4-21(27)19-41/h2-9,16,23-25,41H,10-15,17-19H2,1H3,(H2,34,35,42). The van der Waals surface area contributed by atoms with Crippen molar-refractivity contribution >= 4 is 40.4 Å². The number of likely N-dealkylation sites (tertiary alicyclic amines) is 1. The lowest BCUT2D eigenvalue weighted by Gasteiger charge is -2.33. The first-order chi connectivity index (χ1) is 22.0. The largest absolute Gasteiger partial charge is 0.453 e. The Morgan fingerprint density at radius 2 is 1.71 bits per heavy atom. The van der Waals surface area contributed by atoms with Crippen molar-refractivity contribution in [1.82, 2.24) is 24.6 Å². The number of nitrogens with zero attached hydrogens (tertiary/aromatic N) is 6. The van der Waals surface area contributed by atoms with Crippen LogP contribution in [-0.4, -0.2) is 87.4 Å². The fourth-order valence-electron chi connectivity index (χ4n) is 6.53. The maximum absolute atomic E-state index is 12.7. The van der Waals surface area contributed by atoms with Gasteiger partial charge in [-0.15, -0.1) is 0 Å². The second-order valence-electron chi connectivity index (χ2n) is 11.7. The van der Waals surface area contributed by atoms with Crippen LogP contribution >= 0.6 is 0 Å². The summed E-state index contributed by atoms with van der Waals surface area (Å²) >= 11 is 0. The number of benzene rings is 2. The van der Waals surface area contributed by atoms with Gasteiger partial charge in [-0.05, 0) is 56.0 Å².